The number of oxime groups is 2. The zero-order valence-electron chi connectivity index (χ0n) is 29.0. The molecule has 0 spiro atoms. The lowest BCUT2D eigenvalue weighted by Gasteiger charge is -2.11. The van der Waals surface area contributed by atoms with Gasteiger partial charge >= 0.3 is 12.7 Å². The van der Waals surface area contributed by atoms with Gasteiger partial charge in [-0.2, -0.15) is 0 Å². The maximum Gasteiger partial charge on any atom is 0.573 e. The molecule has 300 valence electrons. The number of nitrogens with zero attached hydrogens (tertiary/aromatic N) is 4. The minimum atomic E-state index is -4.75. The van der Waals surface area contributed by atoms with Crippen LogP contribution in [0, 0.1) is 0 Å². The molecule has 2 aromatic carbocycles. The van der Waals surface area contributed by atoms with Gasteiger partial charge in [0.05, 0.1) is 36.7 Å². The van der Waals surface area contributed by atoms with Gasteiger partial charge in [0.2, 0.25) is 11.8 Å². The standard InChI is InChI=1S/2C17H15F3N2O5S/c2*1-2-28(23,24)16-8-7-13(10-21-16)25-15-9-14(27-22-15)11-3-5-12(6-4-11)26-17(18,19)20/h2*3-8,10,14H,2,9H2,1H3/t2*14-/m10/s1. The molecule has 0 unspecified atom stereocenters. The van der Waals surface area contributed by atoms with Crippen LogP contribution in [0.1, 0.15) is 50.0 Å². The van der Waals surface area contributed by atoms with Gasteiger partial charge in [0.1, 0.15) is 23.0 Å². The van der Waals surface area contributed by atoms with Crippen LogP contribution in [0.2, 0.25) is 0 Å². The zero-order valence-corrected chi connectivity index (χ0v) is 30.7. The molecule has 0 radical (unpaired) electrons. The number of hydrogen-bond acceptors (Lipinski definition) is 14. The van der Waals surface area contributed by atoms with Crippen molar-refractivity contribution in [3.8, 4) is 23.0 Å². The molecule has 14 nitrogen and oxygen atoms in total. The Bertz CT molecular complexity index is 2080. The Morgan fingerprint density at radius 2 is 0.911 bits per heavy atom. The Hall–Kier alpha value is -5.64. The Labute approximate surface area is 315 Å². The van der Waals surface area contributed by atoms with Crippen LogP contribution in [0.4, 0.5) is 26.3 Å². The third-order valence-electron chi connectivity index (χ3n) is 7.54. The number of aromatic nitrogens is 2. The Balaban J connectivity index is 0.000000214. The summed E-state index contributed by atoms with van der Waals surface area (Å²) >= 11 is 0. The van der Waals surface area contributed by atoms with E-state index in [0.29, 0.717) is 11.1 Å². The molecule has 6 rings (SSSR count). The van der Waals surface area contributed by atoms with E-state index in [0.717, 1.165) is 0 Å². The highest BCUT2D eigenvalue weighted by Gasteiger charge is 2.33. The number of benzene rings is 2. The van der Waals surface area contributed by atoms with Gasteiger partial charge in [0, 0.05) is 0 Å². The summed E-state index contributed by atoms with van der Waals surface area (Å²) in [6.07, 6.45) is -7.54. The lowest BCUT2D eigenvalue weighted by atomic mass is 10.1. The molecule has 56 heavy (non-hydrogen) atoms. The fourth-order valence-corrected chi connectivity index (χ4v) is 6.32. The van der Waals surface area contributed by atoms with E-state index in [-0.39, 0.29) is 69.2 Å². The molecule has 4 aromatic rings. The number of rotatable bonds is 10. The molecular weight excluding hydrogens is 803 g/mol. The van der Waals surface area contributed by atoms with Crippen molar-refractivity contribution in [2.24, 2.45) is 10.3 Å². The van der Waals surface area contributed by atoms with Crippen molar-refractivity contribution in [3.05, 3.63) is 96.3 Å². The van der Waals surface area contributed by atoms with Crippen molar-refractivity contribution in [2.75, 3.05) is 11.5 Å². The molecule has 0 aliphatic carbocycles. The monoisotopic (exact) mass is 832 g/mol. The fraction of sp³-hybridized carbons (Fsp3) is 0.294. The highest BCUT2D eigenvalue weighted by molar-refractivity contribution is 7.91. The van der Waals surface area contributed by atoms with Crippen LogP contribution in [0.3, 0.4) is 0 Å². The lowest BCUT2D eigenvalue weighted by Crippen LogP contribution is -2.17. The van der Waals surface area contributed by atoms with E-state index >= 15 is 0 Å². The summed E-state index contributed by atoms with van der Waals surface area (Å²) in [5.74, 6) is 0.241. The second-order valence-electron chi connectivity index (χ2n) is 11.5. The van der Waals surface area contributed by atoms with Crippen LogP contribution in [-0.4, -0.2) is 62.8 Å². The summed E-state index contributed by atoms with van der Waals surface area (Å²) in [5, 5.41) is 7.49. The second kappa shape index (κ2) is 17.0. The zero-order chi connectivity index (χ0) is 40.7. The maximum absolute atomic E-state index is 12.2. The van der Waals surface area contributed by atoms with Crippen LogP contribution < -0.4 is 18.9 Å². The number of ether oxygens (including phenoxy) is 4. The van der Waals surface area contributed by atoms with Crippen LogP contribution in [-0.2, 0) is 29.3 Å². The first-order valence-corrected chi connectivity index (χ1v) is 19.5. The summed E-state index contributed by atoms with van der Waals surface area (Å²) in [7, 11) is -6.81. The minimum Gasteiger partial charge on any atom is -0.438 e. The van der Waals surface area contributed by atoms with E-state index in [1.54, 1.807) is 0 Å². The molecule has 2 aromatic heterocycles. The second-order valence-corrected chi connectivity index (χ2v) is 15.9. The van der Waals surface area contributed by atoms with E-state index < -0.39 is 44.6 Å². The fourth-order valence-electron chi connectivity index (χ4n) is 4.75. The minimum absolute atomic E-state index is 0.0500. The molecular formula is C34H30F6N4O10S2. The van der Waals surface area contributed by atoms with E-state index in [1.165, 1.54) is 99.0 Å². The van der Waals surface area contributed by atoms with Crippen LogP contribution in [0.5, 0.6) is 23.0 Å². The largest absolute Gasteiger partial charge is 0.573 e. The van der Waals surface area contributed by atoms with Gasteiger partial charge < -0.3 is 28.6 Å². The first-order valence-electron chi connectivity index (χ1n) is 16.2. The molecule has 0 amide bonds. The molecule has 4 heterocycles. The number of sulfone groups is 2. The highest BCUT2D eigenvalue weighted by atomic mass is 32.2. The summed E-state index contributed by atoms with van der Waals surface area (Å²) in [4.78, 5) is 18.2. The van der Waals surface area contributed by atoms with Crippen molar-refractivity contribution in [1.29, 1.82) is 0 Å². The third-order valence-corrected chi connectivity index (χ3v) is 10.8. The van der Waals surface area contributed by atoms with Crippen LogP contribution >= 0.6 is 0 Å². The predicted octanol–water partition coefficient (Wildman–Crippen LogP) is 7.26. The van der Waals surface area contributed by atoms with Gasteiger partial charge in [-0.3, -0.25) is 0 Å². The van der Waals surface area contributed by atoms with Crippen molar-refractivity contribution in [3.63, 3.8) is 0 Å². The molecule has 22 heteroatoms. The van der Waals surface area contributed by atoms with Gasteiger partial charge in [-0.1, -0.05) is 48.4 Å². The van der Waals surface area contributed by atoms with E-state index in [2.05, 4.69) is 29.8 Å². The molecule has 0 fully saturated rings. The molecule has 0 N–H and O–H groups in total. The smallest absolute Gasteiger partial charge is 0.438 e. The first kappa shape index (κ1) is 41.5. The van der Waals surface area contributed by atoms with Gasteiger partial charge in [-0.25, -0.2) is 26.8 Å². The third kappa shape index (κ3) is 11.7. The van der Waals surface area contributed by atoms with E-state index in [1.807, 2.05) is 0 Å². The van der Waals surface area contributed by atoms with Crippen molar-refractivity contribution in [2.45, 2.75) is 61.7 Å². The summed E-state index contributed by atoms with van der Waals surface area (Å²) in [5.41, 5.74) is 1.19. The van der Waals surface area contributed by atoms with Gasteiger partial charge in [0.15, 0.2) is 41.9 Å². The van der Waals surface area contributed by atoms with Gasteiger partial charge in [-0.05, 0) is 59.7 Å². The van der Waals surface area contributed by atoms with Crippen molar-refractivity contribution < 1.29 is 71.8 Å². The highest BCUT2D eigenvalue weighted by Crippen LogP contribution is 2.32. The predicted molar refractivity (Wildman–Crippen MR) is 183 cm³/mol. The Kier molecular flexibility index (Phi) is 12.6. The topological polar surface area (TPSA) is 174 Å². The average Bonchev–Trinajstić information content (AvgIpc) is 3.82. The van der Waals surface area contributed by atoms with Crippen LogP contribution in [0.15, 0.2) is 106 Å². The summed E-state index contributed by atoms with van der Waals surface area (Å²) in [6.45, 7) is 3.04. The maximum atomic E-state index is 12.2. The van der Waals surface area contributed by atoms with Gasteiger partial charge in [0.25, 0.3) is 0 Å². The van der Waals surface area contributed by atoms with E-state index in [4.69, 9.17) is 19.1 Å². The normalized spacial score (nSPS) is 17.0. The molecule has 2 aliphatic heterocycles. The van der Waals surface area contributed by atoms with Gasteiger partial charge in [-0.15, -0.1) is 26.3 Å². The lowest BCUT2D eigenvalue weighted by molar-refractivity contribution is -0.275. The number of hydrogen-bond donors (Lipinski definition) is 0. The average molecular weight is 833 g/mol. The number of alkyl halides is 6. The molecule has 2 aliphatic rings. The summed E-state index contributed by atoms with van der Waals surface area (Å²) < 4.78 is 139. The first-order chi connectivity index (χ1) is 26.3. The number of pyridine rings is 2. The molecule has 2 atom stereocenters. The van der Waals surface area contributed by atoms with Crippen molar-refractivity contribution >= 4 is 31.5 Å². The molecule has 0 saturated heterocycles. The molecule has 0 saturated carbocycles. The quantitative estimate of drug-likeness (QED) is 0.147. The Morgan fingerprint density at radius 3 is 1.20 bits per heavy atom. The molecule has 0 bridgehead atoms. The van der Waals surface area contributed by atoms with Crippen molar-refractivity contribution in [1.82, 2.24) is 9.97 Å². The Morgan fingerprint density at radius 1 is 0.571 bits per heavy atom. The summed E-state index contributed by atoms with van der Waals surface area (Å²) in [6, 6.07) is 16.1. The SMILES string of the molecule is CCS(=O)(=O)c1ccc(OC2=NO[C@@H](c3ccc(OC(F)(F)F)cc3)C2)cn1.CCS(=O)(=O)c1ccc(OC2=NO[C@H](c3ccc(OC(F)(F)F)cc3)C2)cn1. The van der Waals surface area contributed by atoms with Crippen LogP contribution in [0.25, 0.3) is 0 Å². The van der Waals surface area contributed by atoms with E-state index in [9.17, 15) is 43.2 Å². The number of halogens is 6.